The fourth-order valence-electron chi connectivity index (χ4n) is 2.78. The SMILES string of the molecule is CCN1C(=O)N(OS(=O)(=O)O)CC[C@H]1C(=O)NOC1CN(C(=O)OC(C)(C)C)C1. The molecule has 0 bridgehead atoms. The van der Waals surface area contributed by atoms with E-state index in [2.05, 4.69) is 9.76 Å². The van der Waals surface area contributed by atoms with E-state index < -0.39 is 46.2 Å². The summed E-state index contributed by atoms with van der Waals surface area (Å²) in [4.78, 5) is 44.3. The molecule has 0 saturated carbocycles. The van der Waals surface area contributed by atoms with Gasteiger partial charge in [0.05, 0.1) is 19.6 Å². The number of carbonyl (C=O) groups excluding carboxylic acids is 3. The lowest BCUT2D eigenvalue weighted by molar-refractivity contribution is -0.155. The van der Waals surface area contributed by atoms with Gasteiger partial charge in [0, 0.05) is 6.54 Å². The first-order valence-electron chi connectivity index (χ1n) is 8.99. The van der Waals surface area contributed by atoms with E-state index in [1.165, 1.54) is 4.90 Å². The Hall–Kier alpha value is -2.16. The summed E-state index contributed by atoms with van der Waals surface area (Å²) in [5.41, 5.74) is 1.66. The molecule has 2 aliphatic heterocycles. The highest BCUT2D eigenvalue weighted by atomic mass is 32.3. The molecule has 14 heteroatoms. The largest absolute Gasteiger partial charge is 0.444 e. The average Bonchev–Trinajstić information content (AvgIpc) is 2.51. The highest BCUT2D eigenvalue weighted by molar-refractivity contribution is 7.80. The van der Waals surface area contributed by atoms with Gasteiger partial charge in [0.2, 0.25) is 0 Å². The Morgan fingerprint density at radius 3 is 2.41 bits per heavy atom. The summed E-state index contributed by atoms with van der Waals surface area (Å²) in [6, 6.07) is -1.79. The molecule has 2 saturated heterocycles. The maximum atomic E-state index is 12.4. The Morgan fingerprint density at radius 1 is 1.28 bits per heavy atom. The van der Waals surface area contributed by atoms with Crippen molar-refractivity contribution in [3.8, 4) is 0 Å². The third-order valence-electron chi connectivity index (χ3n) is 4.09. The molecule has 166 valence electrons. The first kappa shape index (κ1) is 23.1. The van der Waals surface area contributed by atoms with Gasteiger partial charge in [-0.3, -0.25) is 14.2 Å². The minimum Gasteiger partial charge on any atom is -0.444 e. The number of carbonyl (C=O) groups is 3. The molecule has 4 amide bonds. The van der Waals surface area contributed by atoms with Gasteiger partial charge < -0.3 is 14.5 Å². The average molecular weight is 438 g/mol. The topological polar surface area (TPSA) is 155 Å². The number of hydrogen-bond donors (Lipinski definition) is 2. The van der Waals surface area contributed by atoms with Crippen LogP contribution in [-0.4, -0.2) is 89.8 Å². The van der Waals surface area contributed by atoms with E-state index in [9.17, 15) is 22.8 Å². The minimum absolute atomic E-state index is 0.0546. The number of rotatable bonds is 6. The Labute approximate surface area is 168 Å². The van der Waals surface area contributed by atoms with E-state index in [1.807, 2.05) is 0 Å². The summed E-state index contributed by atoms with van der Waals surface area (Å²) in [5, 5.41) is 0.466. The Bertz CT molecular complexity index is 745. The van der Waals surface area contributed by atoms with Gasteiger partial charge in [0.1, 0.15) is 17.7 Å². The number of likely N-dealkylation sites (tertiary alicyclic amines) is 1. The highest BCUT2D eigenvalue weighted by Gasteiger charge is 2.40. The molecule has 13 nitrogen and oxygen atoms in total. The summed E-state index contributed by atoms with van der Waals surface area (Å²) in [7, 11) is -4.86. The van der Waals surface area contributed by atoms with Gasteiger partial charge in [-0.15, -0.1) is 4.28 Å². The molecule has 0 aromatic heterocycles. The molecule has 0 aromatic rings. The van der Waals surface area contributed by atoms with Gasteiger partial charge in [-0.1, -0.05) is 0 Å². The number of hydroxylamine groups is 3. The first-order chi connectivity index (χ1) is 13.3. The van der Waals surface area contributed by atoms with Crippen molar-refractivity contribution in [2.45, 2.75) is 51.9 Å². The van der Waals surface area contributed by atoms with Gasteiger partial charge in [-0.25, -0.2) is 15.1 Å². The van der Waals surface area contributed by atoms with Crippen molar-refractivity contribution in [2.24, 2.45) is 0 Å². The van der Waals surface area contributed by atoms with E-state index in [0.717, 1.165) is 4.90 Å². The summed E-state index contributed by atoms with van der Waals surface area (Å²) >= 11 is 0. The molecule has 0 aromatic carbocycles. The molecule has 0 aliphatic carbocycles. The summed E-state index contributed by atoms with van der Waals surface area (Å²) in [6.45, 7) is 7.23. The second-order valence-corrected chi connectivity index (χ2v) is 8.57. The molecule has 1 atom stereocenters. The zero-order chi connectivity index (χ0) is 22.0. The fourth-order valence-corrected chi connectivity index (χ4v) is 3.14. The summed E-state index contributed by atoms with van der Waals surface area (Å²) in [5.74, 6) is -0.595. The van der Waals surface area contributed by atoms with Crippen LogP contribution in [0.5, 0.6) is 0 Å². The maximum Gasteiger partial charge on any atom is 0.418 e. The Kier molecular flexibility index (Phi) is 6.93. The molecular weight excluding hydrogens is 412 g/mol. The molecule has 2 fully saturated rings. The summed E-state index contributed by atoms with van der Waals surface area (Å²) in [6.07, 6.45) is -0.836. The smallest absolute Gasteiger partial charge is 0.418 e. The van der Waals surface area contributed by atoms with Crippen LogP contribution in [-0.2, 0) is 29.1 Å². The summed E-state index contributed by atoms with van der Waals surface area (Å²) < 4.78 is 39.8. The molecule has 2 N–H and O–H groups in total. The fraction of sp³-hybridized carbons (Fsp3) is 0.800. The van der Waals surface area contributed by atoms with Crippen LogP contribution >= 0.6 is 0 Å². The molecule has 0 radical (unpaired) electrons. The van der Waals surface area contributed by atoms with E-state index >= 15 is 0 Å². The van der Waals surface area contributed by atoms with Crippen molar-refractivity contribution < 1.29 is 41.2 Å². The van der Waals surface area contributed by atoms with E-state index in [4.69, 9.17) is 14.1 Å². The minimum atomic E-state index is -4.86. The zero-order valence-electron chi connectivity index (χ0n) is 16.7. The Morgan fingerprint density at radius 2 is 1.90 bits per heavy atom. The van der Waals surface area contributed by atoms with Gasteiger partial charge in [0.15, 0.2) is 0 Å². The maximum absolute atomic E-state index is 12.4. The first-order valence-corrected chi connectivity index (χ1v) is 10.4. The number of hydrogen-bond acceptors (Lipinski definition) is 8. The van der Waals surface area contributed by atoms with Crippen molar-refractivity contribution >= 4 is 28.4 Å². The van der Waals surface area contributed by atoms with Crippen LogP contribution in [0.25, 0.3) is 0 Å². The van der Waals surface area contributed by atoms with Crippen LogP contribution in [0.2, 0.25) is 0 Å². The number of urea groups is 1. The molecule has 2 heterocycles. The predicted octanol–water partition coefficient (Wildman–Crippen LogP) is -0.0959. The van der Waals surface area contributed by atoms with Crippen LogP contribution in [0.3, 0.4) is 0 Å². The second kappa shape index (κ2) is 8.69. The standard InChI is InChI=1S/C15H26N4O9S/c1-5-18-11(6-7-19(13(18)21)28-29(23,24)25)12(20)16-27-10-8-17(9-10)14(22)26-15(2,3)4/h10-11H,5-9H2,1-4H3,(H,16,20)(H,23,24,25)/t11-/m0/s1. The van der Waals surface area contributed by atoms with Gasteiger partial charge in [0.25, 0.3) is 5.91 Å². The van der Waals surface area contributed by atoms with Crippen LogP contribution in [0.15, 0.2) is 0 Å². The number of ether oxygens (including phenoxy) is 1. The van der Waals surface area contributed by atoms with Gasteiger partial charge in [-0.2, -0.15) is 13.5 Å². The molecular formula is C15H26N4O9S. The van der Waals surface area contributed by atoms with Crippen molar-refractivity contribution in [1.82, 2.24) is 20.3 Å². The van der Waals surface area contributed by atoms with Crippen molar-refractivity contribution in [3.63, 3.8) is 0 Å². The van der Waals surface area contributed by atoms with Crippen LogP contribution in [0.4, 0.5) is 9.59 Å². The normalized spacial score (nSPS) is 21.1. The molecule has 29 heavy (non-hydrogen) atoms. The van der Waals surface area contributed by atoms with Crippen LogP contribution in [0.1, 0.15) is 34.1 Å². The lowest BCUT2D eigenvalue weighted by Gasteiger charge is -2.40. The van der Waals surface area contributed by atoms with Crippen molar-refractivity contribution in [1.29, 1.82) is 0 Å². The van der Waals surface area contributed by atoms with Gasteiger partial charge >= 0.3 is 22.5 Å². The monoisotopic (exact) mass is 438 g/mol. The quantitative estimate of drug-likeness (QED) is 0.427. The number of amides is 4. The van der Waals surface area contributed by atoms with Crippen LogP contribution < -0.4 is 5.48 Å². The highest BCUT2D eigenvalue weighted by Crippen LogP contribution is 2.19. The van der Waals surface area contributed by atoms with Crippen LogP contribution in [0, 0.1) is 0 Å². The molecule has 2 rings (SSSR count). The molecule has 2 aliphatic rings. The van der Waals surface area contributed by atoms with E-state index in [-0.39, 0.29) is 32.6 Å². The second-order valence-electron chi connectivity index (χ2n) is 7.57. The number of likely N-dealkylation sites (N-methyl/N-ethyl adjacent to an activating group) is 1. The Balaban J connectivity index is 1.81. The lowest BCUT2D eigenvalue weighted by atomic mass is 10.1. The van der Waals surface area contributed by atoms with Crippen molar-refractivity contribution in [2.75, 3.05) is 26.2 Å². The third kappa shape index (κ3) is 6.42. The zero-order valence-corrected chi connectivity index (χ0v) is 17.5. The van der Waals surface area contributed by atoms with E-state index in [0.29, 0.717) is 5.06 Å². The van der Waals surface area contributed by atoms with E-state index in [1.54, 1.807) is 27.7 Å². The third-order valence-corrected chi connectivity index (χ3v) is 4.46. The van der Waals surface area contributed by atoms with Gasteiger partial charge in [-0.05, 0) is 34.1 Å². The number of nitrogens with one attached hydrogen (secondary N) is 1. The molecule has 0 unspecified atom stereocenters. The number of nitrogens with zero attached hydrogens (tertiary/aromatic N) is 3. The lowest BCUT2D eigenvalue weighted by Crippen LogP contribution is -2.61. The molecule has 0 spiro atoms. The van der Waals surface area contributed by atoms with Crippen molar-refractivity contribution in [3.05, 3.63) is 0 Å². The predicted molar refractivity (Wildman–Crippen MR) is 96.3 cm³/mol.